The van der Waals surface area contributed by atoms with Gasteiger partial charge in [-0.2, -0.15) is 0 Å². The van der Waals surface area contributed by atoms with Crippen molar-refractivity contribution in [2.45, 2.75) is 64.8 Å². The van der Waals surface area contributed by atoms with E-state index in [9.17, 15) is 4.79 Å². The maximum Gasteiger partial charge on any atom is 0.224 e. The van der Waals surface area contributed by atoms with Crippen molar-refractivity contribution in [1.82, 2.24) is 0 Å². The first-order valence-electron chi connectivity index (χ1n) is 8.34. The van der Waals surface area contributed by atoms with Crippen molar-refractivity contribution in [2.24, 2.45) is 11.7 Å². The third kappa shape index (κ3) is 4.07. The monoisotopic (exact) mass is 288 g/mol. The molecular formula is C18H28N2O. The maximum atomic E-state index is 11.6. The van der Waals surface area contributed by atoms with Crippen molar-refractivity contribution in [1.29, 1.82) is 0 Å². The zero-order valence-corrected chi connectivity index (χ0v) is 13.3. The number of nitrogens with two attached hydrogens (primary N) is 1. The fourth-order valence-corrected chi connectivity index (χ4v) is 3.32. The summed E-state index contributed by atoms with van der Waals surface area (Å²) in [7, 11) is 0. The molecule has 1 aliphatic rings. The second-order valence-corrected chi connectivity index (χ2v) is 6.18. The Kier molecular flexibility index (Phi) is 5.80. The van der Waals surface area contributed by atoms with Gasteiger partial charge in [-0.15, -0.1) is 0 Å². The van der Waals surface area contributed by atoms with E-state index in [0.29, 0.717) is 12.3 Å². The quantitative estimate of drug-likeness (QED) is 0.825. The van der Waals surface area contributed by atoms with E-state index in [1.165, 1.54) is 36.8 Å². The highest BCUT2D eigenvalue weighted by atomic mass is 16.1. The molecule has 116 valence electrons. The zero-order chi connectivity index (χ0) is 15.2. The lowest BCUT2D eigenvalue weighted by molar-refractivity contribution is -0.116. The number of aryl methyl sites for hydroxylation is 1. The summed E-state index contributed by atoms with van der Waals surface area (Å²) in [5, 5.41) is 2.99. The van der Waals surface area contributed by atoms with Gasteiger partial charge < -0.3 is 11.1 Å². The van der Waals surface area contributed by atoms with Crippen LogP contribution in [0.15, 0.2) is 18.2 Å². The second-order valence-electron chi connectivity index (χ2n) is 6.18. The van der Waals surface area contributed by atoms with E-state index in [1.807, 2.05) is 6.07 Å². The van der Waals surface area contributed by atoms with E-state index in [2.05, 4.69) is 31.3 Å². The predicted molar refractivity (Wildman–Crippen MR) is 88.2 cm³/mol. The van der Waals surface area contributed by atoms with Crippen molar-refractivity contribution in [2.75, 3.05) is 5.32 Å². The van der Waals surface area contributed by atoms with Crippen LogP contribution in [0, 0.1) is 5.92 Å². The van der Waals surface area contributed by atoms with Gasteiger partial charge in [-0.25, -0.2) is 0 Å². The van der Waals surface area contributed by atoms with Gasteiger partial charge in [-0.05, 0) is 48.8 Å². The van der Waals surface area contributed by atoms with Crippen LogP contribution in [0.2, 0.25) is 0 Å². The van der Waals surface area contributed by atoms with Crippen LogP contribution in [-0.2, 0) is 11.2 Å². The summed E-state index contributed by atoms with van der Waals surface area (Å²) >= 11 is 0. The Morgan fingerprint density at radius 1 is 1.19 bits per heavy atom. The summed E-state index contributed by atoms with van der Waals surface area (Å²) < 4.78 is 0. The Bertz CT molecular complexity index is 478. The third-order valence-corrected chi connectivity index (χ3v) is 4.47. The molecule has 0 fully saturated rings. The topological polar surface area (TPSA) is 55.1 Å². The van der Waals surface area contributed by atoms with Crippen LogP contribution in [0.1, 0.15) is 69.5 Å². The van der Waals surface area contributed by atoms with E-state index in [4.69, 9.17) is 5.73 Å². The van der Waals surface area contributed by atoms with Crippen LogP contribution in [-0.4, -0.2) is 5.91 Å². The fourth-order valence-electron chi connectivity index (χ4n) is 3.32. The minimum absolute atomic E-state index is 0.106. The van der Waals surface area contributed by atoms with Gasteiger partial charge in [-0.3, -0.25) is 4.79 Å². The molecule has 1 heterocycles. The van der Waals surface area contributed by atoms with Crippen molar-refractivity contribution in [3.8, 4) is 0 Å². The number of hydrogen-bond donors (Lipinski definition) is 2. The summed E-state index contributed by atoms with van der Waals surface area (Å²) in [6.45, 7) is 4.45. The highest BCUT2D eigenvalue weighted by Gasteiger charge is 2.20. The fraction of sp³-hybridized carbons (Fsp3) is 0.611. The number of amides is 1. The average Bonchev–Trinajstić information content (AvgIpc) is 2.66. The molecular weight excluding hydrogens is 260 g/mol. The SMILES string of the molecule is CCCC(CCC)C(N)c1ccc2c(c1)CCCC(=O)N2. The van der Waals surface area contributed by atoms with Crippen molar-refractivity contribution in [3.05, 3.63) is 29.3 Å². The molecule has 0 saturated carbocycles. The first kappa shape index (κ1) is 16.0. The Morgan fingerprint density at radius 2 is 1.90 bits per heavy atom. The lowest BCUT2D eigenvalue weighted by Crippen LogP contribution is -2.21. The summed E-state index contributed by atoms with van der Waals surface area (Å²) in [4.78, 5) is 11.6. The number of nitrogens with one attached hydrogen (secondary N) is 1. The molecule has 21 heavy (non-hydrogen) atoms. The summed E-state index contributed by atoms with van der Waals surface area (Å²) in [6.07, 6.45) is 7.22. The first-order valence-corrected chi connectivity index (χ1v) is 8.34. The normalized spacial score (nSPS) is 16.3. The molecule has 0 aliphatic carbocycles. The number of anilines is 1. The van der Waals surface area contributed by atoms with Gasteiger partial charge >= 0.3 is 0 Å². The predicted octanol–water partition coefficient (Wildman–Crippen LogP) is 4.18. The van der Waals surface area contributed by atoms with Gasteiger partial charge in [0.15, 0.2) is 0 Å². The van der Waals surface area contributed by atoms with Gasteiger partial charge in [0.05, 0.1) is 0 Å². The molecule has 0 radical (unpaired) electrons. The van der Waals surface area contributed by atoms with Crippen LogP contribution < -0.4 is 11.1 Å². The van der Waals surface area contributed by atoms with Crippen molar-refractivity contribution in [3.63, 3.8) is 0 Å². The molecule has 1 unspecified atom stereocenters. The number of rotatable bonds is 6. The van der Waals surface area contributed by atoms with Gasteiger partial charge in [0, 0.05) is 18.2 Å². The highest BCUT2D eigenvalue weighted by Crippen LogP contribution is 2.31. The number of carbonyl (C=O) groups excluding carboxylic acids is 1. The minimum Gasteiger partial charge on any atom is -0.326 e. The summed E-state index contributed by atoms with van der Waals surface area (Å²) in [5.41, 5.74) is 9.95. The number of benzene rings is 1. The largest absolute Gasteiger partial charge is 0.326 e. The lowest BCUT2D eigenvalue weighted by atomic mass is 9.86. The molecule has 3 nitrogen and oxygen atoms in total. The van der Waals surface area contributed by atoms with Crippen LogP contribution in [0.4, 0.5) is 5.69 Å². The second kappa shape index (κ2) is 7.60. The van der Waals surface area contributed by atoms with Gasteiger partial charge in [0.25, 0.3) is 0 Å². The zero-order valence-electron chi connectivity index (χ0n) is 13.3. The summed E-state index contributed by atoms with van der Waals surface area (Å²) in [5.74, 6) is 0.680. The van der Waals surface area contributed by atoms with E-state index < -0.39 is 0 Å². The van der Waals surface area contributed by atoms with Crippen molar-refractivity contribution < 1.29 is 4.79 Å². The van der Waals surface area contributed by atoms with Gasteiger partial charge in [0.1, 0.15) is 0 Å². The number of fused-ring (bicyclic) bond motifs is 1. The van der Waals surface area contributed by atoms with Crippen LogP contribution >= 0.6 is 0 Å². The van der Waals surface area contributed by atoms with Crippen LogP contribution in [0.25, 0.3) is 0 Å². The van der Waals surface area contributed by atoms with E-state index >= 15 is 0 Å². The Hall–Kier alpha value is -1.35. The van der Waals surface area contributed by atoms with Gasteiger partial charge in [0.2, 0.25) is 5.91 Å². The molecule has 2 rings (SSSR count). The van der Waals surface area contributed by atoms with Crippen LogP contribution in [0.5, 0.6) is 0 Å². The first-order chi connectivity index (χ1) is 10.2. The number of hydrogen-bond acceptors (Lipinski definition) is 2. The third-order valence-electron chi connectivity index (χ3n) is 4.47. The van der Waals surface area contributed by atoms with E-state index in [-0.39, 0.29) is 11.9 Å². The summed E-state index contributed by atoms with van der Waals surface area (Å²) in [6, 6.07) is 6.44. The molecule has 1 aromatic carbocycles. The molecule has 3 heteroatoms. The molecule has 1 aromatic rings. The molecule has 0 bridgehead atoms. The Labute approximate surface area is 128 Å². The molecule has 1 aliphatic heterocycles. The smallest absolute Gasteiger partial charge is 0.224 e. The molecule has 1 atom stereocenters. The average molecular weight is 288 g/mol. The molecule has 0 spiro atoms. The minimum atomic E-state index is 0.106. The molecule has 0 aromatic heterocycles. The highest BCUT2D eigenvalue weighted by molar-refractivity contribution is 5.92. The van der Waals surface area contributed by atoms with Crippen molar-refractivity contribution >= 4 is 11.6 Å². The van der Waals surface area contributed by atoms with E-state index in [0.717, 1.165) is 18.5 Å². The molecule has 1 amide bonds. The Balaban J connectivity index is 2.20. The Morgan fingerprint density at radius 3 is 2.57 bits per heavy atom. The van der Waals surface area contributed by atoms with E-state index in [1.54, 1.807) is 0 Å². The lowest BCUT2D eigenvalue weighted by Gasteiger charge is -2.24. The molecule has 3 N–H and O–H groups in total. The van der Waals surface area contributed by atoms with Gasteiger partial charge in [-0.1, -0.05) is 38.8 Å². The molecule has 0 saturated heterocycles. The number of carbonyl (C=O) groups is 1. The maximum absolute atomic E-state index is 11.6. The van der Waals surface area contributed by atoms with Crippen LogP contribution in [0.3, 0.4) is 0 Å². The standard InChI is InChI=1S/C18H28N2O/c1-3-6-13(7-4-2)18(19)15-10-11-16-14(12-15)8-5-9-17(21)20-16/h10-13,18H,3-9,19H2,1-2H3,(H,20,21).